The second kappa shape index (κ2) is 8.04. The van der Waals surface area contributed by atoms with Gasteiger partial charge in [0, 0.05) is 39.9 Å². The van der Waals surface area contributed by atoms with Crippen LogP contribution in [0.25, 0.3) is 22.2 Å². The molecular weight excluding hydrogens is 390 g/mol. The Labute approximate surface area is 170 Å². The van der Waals surface area contributed by atoms with Crippen molar-refractivity contribution in [1.82, 2.24) is 9.97 Å². The van der Waals surface area contributed by atoms with Crippen LogP contribution in [0, 0.1) is 10.1 Å². The Hall–Kier alpha value is -3.84. The van der Waals surface area contributed by atoms with Crippen molar-refractivity contribution in [1.29, 1.82) is 0 Å². The number of fused-ring (bicyclic) bond motifs is 1. The molecule has 0 aliphatic heterocycles. The predicted octanol–water partition coefficient (Wildman–Crippen LogP) is 5.30. The van der Waals surface area contributed by atoms with Crippen LogP contribution in [0.15, 0.2) is 78.0 Å². The Kier molecular flexibility index (Phi) is 5.13. The molecule has 0 atom stereocenters. The third-order valence-electron chi connectivity index (χ3n) is 4.21. The summed E-state index contributed by atoms with van der Waals surface area (Å²) in [5, 5.41) is 16.7. The van der Waals surface area contributed by atoms with E-state index in [-0.39, 0.29) is 5.69 Å². The minimum Gasteiger partial charge on any atom is -0.261 e. The highest BCUT2D eigenvalue weighted by atomic mass is 35.5. The zero-order valence-electron chi connectivity index (χ0n) is 15.0. The third-order valence-corrected chi connectivity index (χ3v) is 4.46. The first-order valence-corrected chi connectivity index (χ1v) is 9.03. The van der Waals surface area contributed by atoms with Crippen LogP contribution in [0.1, 0.15) is 5.56 Å². The fourth-order valence-corrected chi connectivity index (χ4v) is 2.95. The standard InChI is InChI=1S/C21H14ClN5O2/c22-17-8-6-15(7-9-17)19-12-16-4-2-10-23-20(16)25-21(19)26-24-13-14-3-1-5-18(11-14)27(28)29/h1-13H,(H,23,25,26)/b24-13+. The third kappa shape index (κ3) is 4.20. The largest absolute Gasteiger partial charge is 0.270 e. The Morgan fingerprint density at radius 3 is 2.69 bits per heavy atom. The lowest BCUT2D eigenvalue weighted by Crippen LogP contribution is -1.98. The van der Waals surface area contributed by atoms with Crippen molar-refractivity contribution >= 4 is 40.4 Å². The number of hydrazone groups is 1. The zero-order valence-corrected chi connectivity index (χ0v) is 15.7. The van der Waals surface area contributed by atoms with Gasteiger partial charge >= 0.3 is 0 Å². The van der Waals surface area contributed by atoms with Crippen LogP contribution in [0.4, 0.5) is 11.5 Å². The van der Waals surface area contributed by atoms with Crippen molar-refractivity contribution < 1.29 is 4.92 Å². The predicted molar refractivity (Wildman–Crippen MR) is 114 cm³/mol. The number of non-ortho nitro benzene ring substituents is 1. The lowest BCUT2D eigenvalue weighted by molar-refractivity contribution is -0.384. The minimum absolute atomic E-state index is 0.00355. The number of nitrogens with zero attached hydrogens (tertiary/aromatic N) is 4. The number of halogens is 1. The van der Waals surface area contributed by atoms with Crippen LogP contribution in [-0.2, 0) is 0 Å². The summed E-state index contributed by atoms with van der Waals surface area (Å²) in [4.78, 5) is 19.3. The lowest BCUT2D eigenvalue weighted by atomic mass is 10.1. The van der Waals surface area contributed by atoms with Gasteiger partial charge in [0.25, 0.3) is 5.69 Å². The molecule has 0 aliphatic rings. The molecule has 29 heavy (non-hydrogen) atoms. The molecular formula is C21H14ClN5O2. The molecule has 1 N–H and O–H groups in total. The first-order valence-electron chi connectivity index (χ1n) is 8.65. The summed E-state index contributed by atoms with van der Waals surface area (Å²) in [6, 6.07) is 19.4. The minimum atomic E-state index is -0.444. The van der Waals surface area contributed by atoms with E-state index < -0.39 is 4.92 Å². The molecule has 142 valence electrons. The molecule has 0 radical (unpaired) electrons. The number of benzene rings is 2. The van der Waals surface area contributed by atoms with E-state index in [9.17, 15) is 10.1 Å². The number of anilines is 1. The van der Waals surface area contributed by atoms with Gasteiger partial charge in [0.2, 0.25) is 0 Å². The summed E-state index contributed by atoms with van der Waals surface area (Å²) in [5.74, 6) is 0.514. The number of pyridine rings is 2. The first-order chi connectivity index (χ1) is 14.1. The average Bonchev–Trinajstić information content (AvgIpc) is 2.74. The molecule has 0 amide bonds. The molecule has 0 aliphatic carbocycles. The molecule has 2 aromatic carbocycles. The quantitative estimate of drug-likeness (QED) is 0.277. The van der Waals surface area contributed by atoms with Crippen molar-refractivity contribution in [2.45, 2.75) is 0 Å². The molecule has 0 unspecified atom stereocenters. The molecule has 0 saturated carbocycles. The van der Waals surface area contributed by atoms with E-state index in [4.69, 9.17) is 11.6 Å². The highest BCUT2D eigenvalue weighted by molar-refractivity contribution is 6.30. The van der Waals surface area contributed by atoms with Gasteiger partial charge in [-0.1, -0.05) is 35.9 Å². The second-order valence-electron chi connectivity index (χ2n) is 6.16. The van der Waals surface area contributed by atoms with Gasteiger partial charge in [-0.25, -0.2) is 9.97 Å². The number of aromatic nitrogens is 2. The summed E-state index contributed by atoms with van der Waals surface area (Å²) in [6.07, 6.45) is 3.18. The highest BCUT2D eigenvalue weighted by Gasteiger charge is 2.10. The fraction of sp³-hybridized carbons (Fsp3) is 0. The van der Waals surface area contributed by atoms with E-state index in [0.29, 0.717) is 22.1 Å². The Morgan fingerprint density at radius 1 is 1.07 bits per heavy atom. The lowest BCUT2D eigenvalue weighted by Gasteiger charge is -2.10. The van der Waals surface area contributed by atoms with Gasteiger partial charge < -0.3 is 0 Å². The maximum absolute atomic E-state index is 10.9. The number of hydrogen-bond acceptors (Lipinski definition) is 6. The monoisotopic (exact) mass is 403 g/mol. The Bertz CT molecular complexity index is 1230. The topological polar surface area (TPSA) is 93.3 Å². The SMILES string of the molecule is O=[N+]([O-])c1cccc(/C=N/Nc2nc3ncccc3cc2-c2ccc(Cl)cc2)c1. The van der Waals surface area contributed by atoms with Crippen LogP contribution < -0.4 is 5.43 Å². The summed E-state index contributed by atoms with van der Waals surface area (Å²) < 4.78 is 0. The Morgan fingerprint density at radius 2 is 1.90 bits per heavy atom. The molecule has 0 fully saturated rings. The molecule has 7 nitrogen and oxygen atoms in total. The second-order valence-corrected chi connectivity index (χ2v) is 6.60. The van der Waals surface area contributed by atoms with Crippen molar-refractivity contribution in [3.8, 4) is 11.1 Å². The molecule has 0 bridgehead atoms. The summed E-state index contributed by atoms with van der Waals surface area (Å²) in [7, 11) is 0. The van der Waals surface area contributed by atoms with Gasteiger partial charge in [-0.3, -0.25) is 15.5 Å². The first kappa shape index (κ1) is 18.5. The van der Waals surface area contributed by atoms with Gasteiger partial charge in [-0.05, 0) is 35.9 Å². The van der Waals surface area contributed by atoms with Gasteiger partial charge in [-0.15, -0.1) is 0 Å². The van der Waals surface area contributed by atoms with Gasteiger partial charge in [0.1, 0.15) is 0 Å². The van der Waals surface area contributed by atoms with E-state index >= 15 is 0 Å². The van der Waals surface area contributed by atoms with Gasteiger partial charge in [0.15, 0.2) is 11.5 Å². The summed E-state index contributed by atoms with van der Waals surface area (Å²) in [6.45, 7) is 0. The normalized spacial score (nSPS) is 11.1. The van der Waals surface area contributed by atoms with E-state index in [1.54, 1.807) is 30.5 Å². The zero-order chi connectivity index (χ0) is 20.2. The fourth-order valence-electron chi connectivity index (χ4n) is 2.83. The molecule has 4 rings (SSSR count). The van der Waals surface area contributed by atoms with Crippen molar-refractivity contribution in [3.05, 3.63) is 93.6 Å². The van der Waals surface area contributed by atoms with E-state index in [1.807, 2.05) is 30.3 Å². The van der Waals surface area contributed by atoms with Gasteiger partial charge in [-0.2, -0.15) is 5.10 Å². The van der Waals surface area contributed by atoms with Crippen LogP contribution in [-0.4, -0.2) is 21.1 Å². The molecule has 8 heteroatoms. The van der Waals surface area contributed by atoms with Crippen LogP contribution in [0.3, 0.4) is 0 Å². The summed E-state index contributed by atoms with van der Waals surface area (Å²) >= 11 is 6.01. The van der Waals surface area contributed by atoms with Crippen LogP contribution in [0.2, 0.25) is 5.02 Å². The van der Waals surface area contributed by atoms with Crippen LogP contribution >= 0.6 is 11.6 Å². The number of nitro groups is 1. The Balaban J connectivity index is 1.70. The average molecular weight is 404 g/mol. The number of nitro benzene ring substituents is 1. The molecule has 4 aromatic rings. The number of nitrogens with one attached hydrogen (secondary N) is 1. The van der Waals surface area contributed by atoms with Crippen molar-refractivity contribution in [2.24, 2.45) is 5.10 Å². The number of rotatable bonds is 5. The maximum Gasteiger partial charge on any atom is 0.270 e. The molecule has 0 saturated heterocycles. The smallest absolute Gasteiger partial charge is 0.261 e. The maximum atomic E-state index is 10.9. The van der Waals surface area contributed by atoms with Gasteiger partial charge in [0.05, 0.1) is 11.1 Å². The van der Waals surface area contributed by atoms with Crippen molar-refractivity contribution in [2.75, 3.05) is 5.43 Å². The molecule has 2 heterocycles. The molecule has 0 spiro atoms. The molecule has 2 aromatic heterocycles. The van der Waals surface area contributed by atoms with Crippen LogP contribution in [0.5, 0.6) is 0 Å². The van der Waals surface area contributed by atoms with E-state index in [0.717, 1.165) is 16.5 Å². The van der Waals surface area contributed by atoms with E-state index in [2.05, 4.69) is 20.5 Å². The van der Waals surface area contributed by atoms with Crippen molar-refractivity contribution in [3.63, 3.8) is 0 Å². The number of hydrogen-bond donors (Lipinski definition) is 1. The highest BCUT2D eigenvalue weighted by Crippen LogP contribution is 2.30. The summed E-state index contributed by atoms with van der Waals surface area (Å²) in [5.41, 5.74) is 5.86. The van der Waals surface area contributed by atoms with E-state index in [1.165, 1.54) is 18.3 Å².